The van der Waals surface area contributed by atoms with Crippen LogP contribution in [0.4, 0.5) is 0 Å². The van der Waals surface area contributed by atoms with Crippen LogP contribution in [-0.4, -0.2) is 62.1 Å². The summed E-state index contributed by atoms with van der Waals surface area (Å²) in [5.74, 6) is 1.33. The van der Waals surface area contributed by atoms with Crippen LogP contribution in [-0.2, 0) is 14.8 Å². The van der Waals surface area contributed by atoms with Gasteiger partial charge >= 0.3 is 0 Å². The summed E-state index contributed by atoms with van der Waals surface area (Å²) in [4.78, 5) is 23.2. The van der Waals surface area contributed by atoms with E-state index in [1.54, 1.807) is 21.6 Å². The molecule has 0 aliphatic carbocycles. The van der Waals surface area contributed by atoms with Gasteiger partial charge in [-0.05, 0) is 25.0 Å². The number of aldehydes is 1. The van der Waals surface area contributed by atoms with Gasteiger partial charge in [0.05, 0.1) is 4.90 Å². The van der Waals surface area contributed by atoms with E-state index in [-0.39, 0.29) is 10.8 Å². The highest BCUT2D eigenvalue weighted by Gasteiger charge is 2.39. The number of nitrogens with two attached hydrogens (primary N) is 1. The first kappa shape index (κ1) is 21.2. The number of carbonyl (C=O) groups excluding carboxylic acids is 2. The molecule has 1 fully saturated rings. The SMILES string of the molecule is NCCSSCCNC(=O)C1CCCN1S(=O)(=O)c1ccc(C=O)cc1. The highest BCUT2D eigenvalue weighted by atomic mass is 33.1. The predicted molar refractivity (Wildman–Crippen MR) is 106 cm³/mol. The summed E-state index contributed by atoms with van der Waals surface area (Å²) in [6.45, 7) is 1.42. The lowest BCUT2D eigenvalue weighted by Crippen LogP contribution is -2.46. The van der Waals surface area contributed by atoms with Crippen LogP contribution in [0.5, 0.6) is 0 Å². The Morgan fingerprint density at radius 1 is 1.27 bits per heavy atom. The van der Waals surface area contributed by atoms with Crippen LogP contribution in [0.1, 0.15) is 23.2 Å². The first-order valence-corrected chi connectivity index (χ1v) is 12.2. The second-order valence-electron chi connectivity index (χ2n) is 5.68. The van der Waals surface area contributed by atoms with Crippen molar-refractivity contribution in [3.63, 3.8) is 0 Å². The lowest BCUT2D eigenvalue weighted by atomic mass is 10.2. The maximum absolute atomic E-state index is 12.8. The molecular weight excluding hydrogens is 394 g/mol. The van der Waals surface area contributed by atoms with Gasteiger partial charge in [0.15, 0.2) is 0 Å². The molecule has 1 aliphatic rings. The van der Waals surface area contributed by atoms with Gasteiger partial charge in [-0.25, -0.2) is 8.42 Å². The van der Waals surface area contributed by atoms with Gasteiger partial charge in [0.2, 0.25) is 15.9 Å². The summed E-state index contributed by atoms with van der Waals surface area (Å²) in [7, 11) is -0.485. The van der Waals surface area contributed by atoms with Gasteiger partial charge in [0, 0.05) is 36.7 Å². The molecule has 1 aromatic rings. The third kappa shape index (κ3) is 5.46. The molecule has 1 aromatic carbocycles. The molecule has 144 valence electrons. The fourth-order valence-electron chi connectivity index (χ4n) is 2.64. The lowest BCUT2D eigenvalue weighted by molar-refractivity contribution is -0.124. The molecule has 26 heavy (non-hydrogen) atoms. The maximum atomic E-state index is 12.8. The van der Waals surface area contributed by atoms with E-state index in [2.05, 4.69) is 5.32 Å². The number of nitrogens with one attached hydrogen (secondary N) is 1. The van der Waals surface area contributed by atoms with E-state index < -0.39 is 16.1 Å². The summed E-state index contributed by atoms with van der Waals surface area (Å²) in [6.07, 6.45) is 1.81. The van der Waals surface area contributed by atoms with Crippen LogP contribution in [0, 0.1) is 0 Å². The third-order valence-corrected chi connectivity index (χ3v) is 8.26. The monoisotopic (exact) mass is 417 g/mol. The van der Waals surface area contributed by atoms with Gasteiger partial charge in [-0.1, -0.05) is 33.7 Å². The Kier molecular flexibility index (Phi) is 8.42. The van der Waals surface area contributed by atoms with Crippen LogP contribution >= 0.6 is 21.6 Å². The molecule has 1 unspecified atom stereocenters. The molecule has 2 rings (SSSR count). The Morgan fingerprint density at radius 3 is 2.62 bits per heavy atom. The number of sulfonamides is 1. The molecule has 0 spiro atoms. The minimum atomic E-state index is -3.77. The van der Waals surface area contributed by atoms with E-state index in [0.29, 0.717) is 44.3 Å². The average molecular weight is 418 g/mol. The van der Waals surface area contributed by atoms with Gasteiger partial charge in [-0.15, -0.1) is 0 Å². The summed E-state index contributed by atoms with van der Waals surface area (Å²) in [5, 5.41) is 2.82. The van der Waals surface area contributed by atoms with Crippen LogP contribution < -0.4 is 11.1 Å². The van der Waals surface area contributed by atoms with Crippen molar-refractivity contribution in [2.45, 2.75) is 23.8 Å². The number of amides is 1. The highest BCUT2D eigenvalue weighted by Crippen LogP contribution is 2.26. The van der Waals surface area contributed by atoms with Crippen molar-refractivity contribution in [3.8, 4) is 0 Å². The van der Waals surface area contributed by atoms with Gasteiger partial charge in [0.1, 0.15) is 12.3 Å². The van der Waals surface area contributed by atoms with Crippen molar-refractivity contribution < 1.29 is 18.0 Å². The number of hydrogen-bond acceptors (Lipinski definition) is 7. The molecule has 1 heterocycles. The smallest absolute Gasteiger partial charge is 0.243 e. The van der Waals surface area contributed by atoms with E-state index in [4.69, 9.17) is 5.73 Å². The quantitative estimate of drug-likeness (QED) is 0.333. The molecule has 10 heteroatoms. The Morgan fingerprint density at radius 2 is 1.96 bits per heavy atom. The number of benzene rings is 1. The van der Waals surface area contributed by atoms with Crippen LogP contribution in [0.25, 0.3) is 0 Å². The lowest BCUT2D eigenvalue weighted by Gasteiger charge is -2.23. The van der Waals surface area contributed by atoms with Crippen LogP contribution in [0.3, 0.4) is 0 Å². The molecule has 0 saturated carbocycles. The van der Waals surface area contributed by atoms with Crippen molar-refractivity contribution in [3.05, 3.63) is 29.8 Å². The molecule has 3 N–H and O–H groups in total. The van der Waals surface area contributed by atoms with Gasteiger partial charge in [0.25, 0.3) is 0 Å². The highest BCUT2D eigenvalue weighted by molar-refractivity contribution is 8.76. The Labute approximate surface area is 161 Å². The largest absolute Gasteiger partial charge is 0.354 e. The van der Waals surface area contributed by atoms with Gasteiger partial charge in [-0.2, -0.15) is 4.31 Å². The fourth-order valence-corrected chi connectivity index (χ4v) is 6.06. The number of rotatable bonds is 10. The van der Waals surface area contributed by atoms with Gasteiger partial charge < -0.3 is 11.1 Å². The minimum Gasteiger partial charge on any atom is -0.354 e. The van der Waals surface area contributed by atoms with E-state index in [1.165, 1.54) is 28.6 Å². The number of nitrogens with zero attached hydrogens (tertiary/aromatic N) is 1. The third-order valence-electron chi connectivity index (χ3n) is 3.90. The normalized spacial score (nSPS) is 18.0. The average Bonchev–Trinajstić information content (AvgIpc) is 3.15. The minimum absolute atomic E-state index is 0.0940. The second kappa shape index (κ2) is 10.3. The van der Waals surface area contributed by atoms with E-state index in [1.807, 2.05) is 0 Å². The molecule has 0 bridgehead atoms. The Hall–Kier alpha value is -1.07. The number of hydrogen-bond donors (Lipinski definition) is 2. The van der Waals surface area contributed by atoms with E-state index in [0.717, 1.165) is 11.5 Å². The number of carbonyl (C=O) groups is 2. The first-order valence-electron chi connectivity index (χ1n) is 8.30. The summed E-state index contributed by atoms with van der Waals surface area (Å²) in [5.41, 5.74) is 5.82. The zero-order chi connectivity index (χ0) is 19.0. The summed E-state index contributed by atoms with van der Waals surface area (Å²) >= 11 is 0. The first-order chi connectivity index (χ1) is 12.5. The Bertz CT molecular complexity index is 710. The molecule has 7 nitrogen and oxygen atoms in total. The van der Waals surface area contributed by atoms with Crippen molar-refractivity contribution in [1.29, 1.82) is 0 Å². The summed E-state index contributed by atoms with van der Waals surface area (Å²) < 4.78 is 26.9. The van der Waals surface area contributed by atoms with E-state index in [9.17, 15) is 18.0 Å². The standard InChI is InChI=1S/C16H23N3O4S3/c17-7-10-24-25-11-8-18-16(21)15-2-1-9-19(15)26(22,23)14-5-3-13(12-20)4-6-14/h3-6,12,15H,1-2,7-11,17H2,(H,18,21). The van der Waals surface area contributed by atoms with E-state index >= 15 is 0 Å². The fraction of sp³-hybridized carbons (Fsp3) is 0.500. The van der Waals surface area contributed by atoms with Crippen LogP contribution in [0.2, 0.25) is 0 Å². The van der Waals surface area contributed by atoms with Gasteiger partial charge in [-0.3, -0.25) is 9.59 Å². The zero-order valence-corrected chi connectivity index (χ0v) is 16.7. The van der Waals surface area contributed by atoms with Crippen molar-refractivity contribution in [2.75, 3.05) is 31.1 Å². The molecule has 1 amide bonds. The predicted octanol–water partition coefficient (Wildman–Crippen LogP) is 1.11. The molecule has 0 radical (unpaired) electrons. The zero-order valence-electron chi connectivity index (χ0n) is 14.3. The topological polar surface area (TPSA) is 110 Å². The van der Waals surface area contributed by atoms with Crippen molar-refractivity contribution in [1.82, 2.24) is 9.62 Å². The molecule has 1 aliphatic heterocycles. The summed E-state index contributed by atoms with van der Waals surface area (Å²) in [6, 6.07) is 5.03. The molecule has 0 aromatic heterocycles. The van der Waals surface area contributed by atoms with Crippen molar-refractivity contribution >= 4 is 43.8 Å². The maximum Gasteiger partial charge on any atom is 0.243 e. The Balaban J connectivity index is 1.97. The molecule has 1 atom stereocenters. The van der Waals surface area contributed by atoms with Crippen LogP contribution in [0.15, 0.2) is 29.2 Å². The molecule has 1 saturated heterocycles. The van der Waals surface area contributed by atoms with Crippen molar-refractivity contribution in [2.24, 2.45) is 5.73 Å². The molecular formula is C16H23N3O4S3. The second-order valence-corrected chi connectivity index (χ2v) is 10.3.